The molecule has 76 valence electrons. The van der Waals surface area contributed by atoms with E-state index >= 15 is 0 Å². The molecule has 0 spiro atoms. The number of sulfone groups is 1. The van der Waals surface area contributed by atoms with Crippen molar-refractivity contribution in [1.29, 1.82) is 0 Å². The Kier molecular flexibility index (Phi) is 2.71. The van der Waals surface area contributed by atoms with Crippen molar-refractivity contribution in [2.45, 2.75) is 12.6 Å². The third-order valence-electron chi connectivity index (χ3n) is 2.08. The SMILES string of the molecule is O=S1(=O)C=CC(NCc2ccsc2)C1. The molecule has 1 atom stereocenters. The molecule has 5 heteroatoms. The maximum atomic E-state index is 11.1. The van der Waals surface area contributed by atoms with E-state index in [1.807, 2.05) is 11.4 Å². The average molecular weight is 229 g/mol. The summed E-state index contributed by atoms with van der Waals surface area (Å²) >= 11 is 1.65. The molecule has 1 aromatic rings. The lowest BCUT2D eigenvalue weighted by Crippen LogP contribution is -2.29. The molecule has 0 aromatic carbocycles. The minimum atomic E-state index is -2.93. The third kappa shape index (κ3) is 2.43. The zero-order valence-electron chi connectivity index (χ0n) is 7.51. The lowest BCUT2D eigenvalue weighted by molar-refractivity contribution is 0.590. The highest BCUT2D eigenvalue weighted by Crippen LogP contribution is 2.10. The summed E-state index contributed by atoms with van der Waals surface area (Å²) in [5, 5.41) is 8.54. The van der Waals surface area contributed by atoms with E-state index in [1.54, 1.807) is 17.4 Å². The van der Waals surface area contributed by atoms with E-state index in [9.17, 15) is 8.42 Å². The van der Waals surface area contributed by atoms with Gasteiger partial charge < -0.3 is 5.32 Å². The van der Waals surface area contributed by atoms with Crippen LogP contribution in [-0.4, -0.2) is 20.2 Å². The molecule has 0 saturated heterocycles. The van der Waals surface area contributed by atoms with Crippen molar-refractivity contribution in [1.82, 2.24) is 5.32 Å². The molecule has 0 aliphatic carbocycles. The summed E-state index contributed by atoms with van der Waals surface area (Å²) < 4.78 is 22.2. The van der Waals surface area contributed by atoms with E-state index in [0.29, 0.717) is 0 Å². The summed E-state index contributed by atoms with van der Waals surface area (Å²) in [7, 11) is -2.93. The van der Waals surface area contributed by atoms with Gasteiger partial charge in [0.2, 0.25) is 0 Å². The fraction of sp³-hybridized carbons (Fsp3) is 0.333. The van der Waals surface area contributed by atoms with Crippen LogP contribution in [0, 0.1) is 0 Å². The Morgan fingerprint density at radius 2 is 2.43 bits per heavy atom. The van der Waals surface area contributed by atoms with Gasteiger partial charge >= 0.3 is 0 Å². The number of rotatable bonds is 3. The molecular formula is C9H11NO2S2. The highest BCUT2D eigenvalue weighted by molar-refractivity contribution is 7.94. The van der Waals surface area contributed by atoms with Gasteiger partial charge in [-0.1, -0.05) is 6.08 Å². The van der Waals surface area contributed by atoms with Crippen LogP contribution in [0.5, 0.6) is 0 Å². The predicted octanol–water partition coefficient (Wildman–Crippen LogP) is 1.15. The van der Waals surface area contributed by atoms with Gasteiger partial charge in [0.1, 0.15) is 0 Å². The van der Waals surface area contributed by atoms with Crippen molar-refractivity contribution in [3.05, 3.63) is 33.9 Å². The summed E-state index contributed by atoms with van der Waals surface area (Å²) in [5.41, 5.74) is 1.20. The maximum Gasteiger partial charge on any atom is 0.173 e. The standard InChI is InChI=1S/C9H11NO2S2/c11-14(12)4-2-9(7-14)10-5-8-1-3-13-6-8/h1-4,6,9-10H,5,7H2. The zero-order chi connectivity index (χ0) is 10.0. The Labute approximate surface area is 87.4 Å². The monoisotopic (exact) mass is 229 g/mol. The zero-order valence-corrected chi connectivity index (χ0v) is 9.14. The average Bonchev–Trinajstić information content (AvgIpc) is 2.70. The maximum absolute atomic E-state index is 11.1. The Hall–Kier alpha value is -0.650. The van der Waals surface area contributed by atoms with Gasteiger partial charge in [0.05, 0.1) is 5.75 Å². The van der Waals surface area contributed by atoms with E-state index < -0.39 is 9.84 Å². The molecule has 0 saturated carbocycles. The van der Waals surface area contributed by atoms with Crippen molar-refractivity contribution < 1.29 is 8.42 Å². The Morgan fingerprint density at radius 3 is 3.00 bits per heavy atom. The molecular weight excluding hydrogens is 218 g/mol. The normalized spacial score (nSPS) is 24.1. The van der Waals surface area contributed by atoms with Gasteiger partial charge in [-0.25, -0.2) is 8.42 Å². The van der Waals surface area contributed by atoms with Gasteiger partial charge in [-0.15, -0.1) is 0 Å². The van der Waals surface area contributed by atoms with Gasteiger partial charge in [-0.2, -0.15) is 11.3 Å². The molecule has 3 nitrogen and oxygen atoms in total. The molecule has 2 heterocycles. The van der Waals surface area contributed by atoms with Crippen molar-refractivity contribution in [2.24, 2.45) is 0 Å². The van der Waals surface area contributed by atoms with E-state index in [4.69, 9.17) is 0 Å². The summed E-state index contributed by atoms with van der Waals surface area (Å²) in [4.78, 5) is 0. The van der Waals surface area contributed by atoms with E-state index in [-0.39, 0.29) is 11.8 Å². The van der Waals surface area contributed by atoms with E-state index in [0.717, 1.165) is 6.54 Å². The number of hydrogen-bond acceptors (Lipinski definition) is 4. The van der Waals surface area contributed by atoms with Gasteiger partial charge in [0, 0.05) is 18.0 Å². The summed E-state index contributed by atoms with van der Waals surface area (Å²) in [6.07, 6.45) is 1.71. The molecule has 0 radical (unpaired) electrons. The molecule has 0 fully saturated rings. The molecule has 14 heavy (non-hydrogen) atoms. The quantitative estimate of drug-likeness (QED) is 0.845. The van der Waals surface area contributed by atoms with Crippen LogP contribution in [-0.2, 0) is 16.4 Å². The van der Waals surface area contributed by atoms with Crippen molar-refractivity contribution >= 4 is 21.2 Å². The minimum Gasteiger partial charge on any atom is -0.305 e. The number of nitrogens with one attached hydrogen (secondary N) is 1. The van der Waals surface area contributed by atoms with E-state index in [1.165, 1.54) is 11.0 Å². The molecule has 0 bridgehead atoms. The van der Waals surface area contributed by atoms with Crippen LogP contribution in [0.25, 0.3) is 0 Å². The van der Waals surface area contributed by atoms with Crippen LogP contribution in [0.4, 0.5) is 0 Å². The molecule has 1 N–H and O–H groups in total. The molecule has 1 aliphatic heterocycles. The molecule has 1 aliphatic rings. The molecule has 1 aromatic heterocycles. The first-order valence-electron chi connectivity index (χ1n) is 4.31. The van der Waals surface area contributed by atoms with Crippen LogP contribution >= 0.6 is 11.3 Å². The van der Waals surface area contributed by atoms with Crippen molar-refractivity contribution in [2.75, 3.05) is 5.75 Å². The Balaban J connectivity index is 1.87. The van der Waals surface area contributed by atoms with Crippen LogP contribution in [0.3, 0.4) is 0 Å². The van der Waals surface area contributed by atoms with Gasteiger partial charge in [0.25, 0.3) is 0 Å². The lowest BCUT2D eigenvalue weighted by Gasteiger charge is -2.07. The van der Waals surface area contributed by atoms with E-state index in [2.05, 4.69) is 10.7 Å². The fourth-order valence-electron chi connectivity index (χ4n) is 1.35. The van der Waals surface area contributed by atoms with Crippen molar-refractivity contribution in [3.63, 3.8) is 0 Å². The summed E-state index contributed by atoms with van der Waals surface area (Å²) in [6.45, 7) is 0.730. The molecule has 0 amide bonds. The largest absolute Gasteiger partial charge is 0.305 e. The fourth-order valence-corrected chi connectivity index (χ4v) is 3.28. The highest BCUT2D eigenvalue weighted by Gasteiger charge is 2.20. The smallest absolute Gasteiger partial charge is 0.173 e. The second-order valence-corrected chi connectivity index (χ2v) is 5.99. The first-order valence-corrected chi connectivity index (χ1v) is 6.97. The first-order chi connectivity index (χ1) is 6.66. The molecule has 1 unspecified atom stereocenters. The second kappa shape index (κ2) is 3.84. The minimum absolute atomic E-state index is 0.0279. The van der Waals surface area contributed by atoms with Gasteiger partial charge in [-0.3, -0.25) is 0 Å². The predicted molar refractivity (Wildman–Crippen MR) is 57.9 cm³/mol. The van der Waals surface area contributed by atoms with Crippen LogP contribution in [0.15, 0.2) is 28.3 Å². The Morgan fingerprint density at radius 1 is 1.57 bits per heavy atom. The second-order valence-electron chi connectivity index (χ2n) is 3.28. The van der Waals surface area contributed by atoms with Crippen LogP contribution in [0.2, 0.25) is 0 Å². The van der Waals surface area contributed by atoms with Crippen LogP contribution < -0.4 is 5.32 Å². The topological polar surface area (TPSA) is 46.2 Å². The molecule has 2 rings (SSSR count). The summed E-state index contributed by atoms with van der Waals surface area (Å²) in [5.74, 6) is 0.192. The van der Waals surface area contributed by atoms with Gasteiger partial charge in [-0.05, 0) is 22.4 Å². The first kappa shape index (κ1) is 9.89. The van der Waals surface area contributed by atoms with Gasteiger partial charge in [0.15, 0.2) is 9.84 Å². The van der Waals surface area contributed by atoms with Crippen LogP contribution in [0.1, 0.15) is 5.56 Å². The number of hydrogen-bond donors (Lipinski definition) is 1. The lowest BCUT2D eigenvalue weighted by atomic mass is 10.3. The number of thiophene rings is 1. The Bertz CT molecular complexity index is 420. The third-order valence-corrected chi connectivity index (χ3v) is 4.21. The van der Waals surface area contributed by atoms with Crippen molar-refractivity contribution in [3.8, 4) is 0 Å². The highest BCUT2D eigenvalue weighted by atomic mass is 32.2. The summed E-state index contributed by atoms with van der Waals surface area (Å²) in [6, 6.07) is 2.00.